The summed E-state index contributed by atoms with van der Waals surface area (Å²) < 4.78 is 28.3. The van der Waals surface area contributed by atoms with Gasteiger partial charge in [-0.25, -0.2) is 0 Å². The van der Waals surface area contributed by atoms with Crippen LogP contribution in [-0.4, -0.2) is 13.0 Å². The highest BCUT2D eigenvalue weighted by molar-refractivity contribution is 7.90. The Labute approximate surface area is 67.6 Å². The molecule has 0 unspecified atom stereocenters. The van der Waals surface area contributed by atoms with Gasteiger partial charge in [0.1, 0.15) is 0 Å². The van der Waals surface area contributed by atoms with E-state index in [0.717, 1.165) is 19.3 Å². The van der Waals surface area contributed by atoms with Crippen LogP contribution in [0.1, 0.15) is 32.6 Å². The molecule has 0 aliphatic rings. The monoisotopic (exact) mass is 176 g/mol. The van der Waals surface area contributed by atoms with E-state index in [9.17, 15) is 8.42 Å². The topological polar surface area (TPSA) is 54.4 Å². The molecule has 64 valence electrons. The second-order valence-electron chi connectivity index (χ2n) is 2.21. The van der Waals surface area contributed by atoms with Gasteiger partial charge in [-0.1, -0.05) is 25.7 Å². The van der Waals surface area contributed by atoms with Crippen molar-refractivity contribution in [1.82, 2.24) is 0 Å². The fourth-order valence-corrected chi connectivity index (χ4v) is 0.890. The molecule has 0 spiro atoms. The molecule has 0 aliphatic heterocycles. The third-order valence-corrected chi connectivity index (χ3v) is 1.51. The van der Waals surface area contributed by atoms with E-state index in [1.54, 1.807) is 5.25 Å². The predicted molar refractivity (Wildman–Crippen MR) is 43.5 cm³/mol. The Kier molecular flexibility index (Phi) is 4.92. The maximum Gasteiger partial charge on any atom is 0.335 e. The van der Waals surface area contributed by atoms with Gasteiger partial charge in [0.2, 0.25) is 0 Å². The number of hydrogen-bond donors (Lipinski definition) is 1. The first-order valence-corrected chi connectivity index (χ1v) is 4.97. The lowest BCUT2D eigenvalue weighted by molar-refractivity contribution is 0.496. The quantitative estimate of drug-likeness (QED) is 0.402. The highest BCUT2D eigenvalue weighted by Crippen LogP contribution is 1.96. The summed E-state index contributed by atoms with van der Waals surface area (Å²) in [7, 11) is -4.07. The molecule has 0 aromatic heterocycles. The second kappa shape index (κ2) is 5.16. The molecule has 1 N–H and O–H groups in total. The predicted octanol–water partition coefficient (Wildman–Crippen LogP) is 1.42. The summed E-state index contributed by atoms with van der Waals surface area (Å²) in [5.74, 6) is 2.37. The van der Waals surface area contributed by atoms with Crippen LogP contribution in [-0.2, 0) is 10.1 Å². The summed E-state index contributed by atoms with van der Waals surface area (Å²) in [5.41, 5.74) is 0. The third-order valence-electron chi connectivity index (χ3n) is 1.11. The Balaban J connectivity index is 3.58. The fraction of sp³-hybridized carbons (Fsp3) is 0.714. The Hall–Kier alpha value is -0.530. The minimum absolute atomic E-state index is 0.535. The number of hydrogen-bond acceptors (Lipinski definition) is 2. The van der Waals surface area contributed by atoms with Crippen molar-refractivity contribution in [2.75, 3.05) is 0 Å². The zero-order valence-corrected chi connectivity index (χ0v) is 7.32. The van der Waals surface area contributed by atoms with Crippen LogP contribution in [0.25, 0.3) is 0 Å². The SMILES string of the molecule is CCCCCC#CS(=O)(=O)O. The molecule has 0 aromatic carbocycles. The van der Waals surface area contributed by atoms with Gasteiger partial charge in [-0.3, -0.25) is 4.55 Å². The highest BCUT2D eigenvalue weighted by Gasteiger charge is 1.92. The van der Waals surface area contributed by atoms with Crippen molar-refractivity contribution in [3.05, 3.63) is 0 Å². The molecule has 4 heteroatoms. The Morgan fingerprint density at radius 3 is 2.45 bits per heavy atom. The minimum Gasteiger partial charge on any atom is -0.276 e. The third kappa shape index (κ3) is 9.47. The summed E-state index contributed by atoms with van der Waals surface area (Å²) in [5, 5.41) is 1.76. The summed E-state index contributed by atoms with van der Waals surface area (Å²) in [6.07, 6.45) is 3.54. The first kappa shape index (κ1) is 10.5. The van der Waals surface area contributed by atoms with Gasteiger partial charge in [0.05, 0.1) is 5.25 Å². The first-order valence-electron chi connectivity index (χ1n) is 3.53. The van der Waals surface area contributed by atoms with Crippen LogP contribution >= 0.6 is 0 Å². The molecule has 0 aliphatic carbocycles. The van der Waals surface area contributed by atoms with E-state index in [2.05, 4.69) is 12.8 Å². The van der Waals surface area contributed by atoms with E-state index in [-0.39, 0.29) is 0 Å². The number of unbranched alkanes of at least 4 members (excludes halogenated alkanes) is 3. The van der Waals surface area contributed by atoms with Crippen LogP contribution in [0.4, 0.5) is 0 Å². The molecule has 0 amide bonds. The maximum absolute atomic E-state index is 10.0. The van der Waals surface area contributed by atoms with E-state index in [0.29, 0.717) is 6.42 Å². The molecule has 0 atom stereocenters. The van der Waals surface area contributed by atoms with E-state index in [1.165, 1.54) is 0 Å². The van der Waals surface area contributed by atoms with Crippen LogP contribution in [0.15, 0.2) is 0 Å². The van der Waals surface area contributed by atoms with Crippen molar-refractivity contribution in [3.8, 4) is 11.2 Å². The zero-order chi connectivity index (χ0) is 8.74. The normalized spacial score (nSPS) is 10.4. The standard InChI is InChI=1S/C7H12O3S/c1-2-3-4-5-6-7-11(8,9)10/h2-5H2,1H3,(H,8,9,10). The van der Waals surface area contributed by atoms with Crippen molar-refractivity contribution < 1.29 is 13.0 Å². The van der Waals surface area contributed by atoms with Crippen LogP contribution in [0.5, 0.6) is 0 Å². The smallest absolute Gasteiger partial charge is 0.276 e. The molecule has 3 nitrogen and oxygen atoms in total. The summed E-state index contributed by atoms with van der Waals surface area (Å²) >= 11 is 0. The molecule has 0 heterocycles. The highest BCUT2D eigenvalue weighted by atomic mass is 32.2. The molecule has 0 saturated heterocycles. The van der Waals surface area contributed by atoms with Crippen LogP contribution in [0.2, 0.25) is 0 Å². The van der Waals surface area contributed by atoms with Crippen molar-refractivity contribution in [3.63, 3.8) is 0 Å². The molecular formula is C7H12O3S. The van der Waals surface area contributed by atoms with E-state index < -0.39 is 10.1 Å². The van der Waals surface area contributed by atoms with Gasteiger partial charge >= 0.3 is 10.1 Å². The summed E-state index contributed by atoms with van der Waals surface area (Å²) in [6.45, 7) is 2.05. The lowest BCUT2D eigenvalue weighted by Gasteiger charge is -1.87. The van der Waals surface area contributed by atoms with Crippen LogP contribution < -0.4 is 0 Å². The van der Waals surface area contributed by atoms with Crippen molar-refractivity contribution >= 4 is 10.1 Å². The summed E-state index contributed by atoms with van der Waals surface area (Å²) in [4.78, 5) is 0. The largest absolute Gasteiger partial charge is 0.335 e. The van der Waals surface area contributed by atoms with Gasteiger partial charge < -0.3 is 0 Å². The van der Waals surface area contributed by atoms with Crippen LogP contribution in [0, 0.1) is 11.2 Å². The van der Waals surface area contributed by atoms with Gasteiger partial charge in [0.25, 0.3) is 0 Å². The average Bonchev–Trinajstić information content (AvgIpc) is 1.85. The lowest BCUT2D eigenvalue weighted by atomic mass is 10.2. The molecule has 0 saturated carbocycles. The Morgan fingerprint density at radius 1 is 1.36 bits per heavy atom. The molecule has 0 rings (SSSR count). The van der Waals surface area contributed by atoms with Crippen LogP contribution in [0.3, 0.4) is 0 Å². The minimum atomic E-state index is -4.07. The summed E-state index contributed by atoms with van der Waals surface area (Å²) in [6, 6.07) is 0. The van der Waals surface area contributed by atoms with Gasteiger partial charge in [-0.2, -0.15) is 8.42 Å². The van der Waals surface area contributed by atoms with E-state index >= 15 is 0 Å². The second-order valence-corrected chi connectivity index (χ2v) is 3.37. The molecular weight excluding hydrogens is 164 g/mol. The van der Waals surface area contributed by atoms with Crippen molar-refractivity contribution in [2.45, 2.75) is 32.6 Å². The first-order chi connectivity index (χ1) is 5.06. The van der Waals surface area contributed by atoms with Gasteiger partial charge in [-0.05, 0) is 6.42 Å². The zero-order valence-electron chi connectivity index (χ0n) is 6.50. The Morgan fingerprint density at radius 2 is 2.00 bits per heavy atom. The van der Waals surface area contributed by atoms with Gasteiger partial charge in [0, 0.05) is 6.42 Å². The molecule has 0 bridgehead atoms. The number of rotatable bonds is 3. The van der Waals surface area contributed by atoms with Crippen molar-refractivity contribution in [1.29, 1.82) is 0 Å². The van der Waals surface area contributed by atoms with Gasteiger partial charge in [-0.15, -0.1) is 0 Å². The fourth-order valence-electron chi connectivity index (χ4n) is 0.606. The lowest BCUT2D eigenvalue weighted by Crippen LogP contribution is -1.89. The van der Waals surface area contributed by atoms with E-state index in [4.69, 9.17) is 4.55 Å². The maximum atomic E-state index is 10.0. The molecule has 0 radical (unpaired) electrons. The molecule has 0 aromatic rings. The molecule has 0 fully saturated rings. The Bertz CT molecular complexity index is 243. The van der Waals surface area contributed by atoms with E-state index in [1.807, 2.05) is 0 Å². The van der Waals surface area contributed by atoms with Gasteiger partial charge in [0.15, 0.2) is 0 Å². The molecule has 11 heavy (non-hydrogen) atoms. The van der Waals surface area contributed by atoms with Crippen molar-refractivity contribution in [2.24, 2.45) is 0 Å². The average molecular weight is 176 g/mol.